The fraction of sp³-hybridized carbons (Fsp3) is 0.200. The quantitative estimate of drug-likeness (QED) is 0.482. The molecule has 1 aromatic heterocycles. The van der Waals surface area contributed by atoms with Gasteiger partial charge in [-0.1, -0.05) is 6.07 Å². The molecule has 3 aromatic rings. The summed E-state index contributed by atoms with van der Waals surface area (Å²) in [6, 6.07) is 5.27. The number of nitrogens with zero attached hydrogens (tertiary/aromatic N) is 2. The van der Waals surface area contributed by atoms with Crippen molar-refractivity contribution in [1.29, 1.82) is 0 Å². The third-order valence-corrected chi connectivity index (χ3v) is 6.23. The Hall–Kier alpha value is -2.96. The molecule has 0 spiro atoms. The summed E-state index contributed by atoms with van der Waals surface area (Å²) in [5, 5.41) is 9.49. The number of aromatic nitrogens is 2. The molecule has 0 atom stereocenters. The number of imidazole rings is 1. The SMILES string of the molecule is Cc1ccc(S(=O)(=O)C(F)(F)F)cc1-c1cc(C(=O)O)cc2c1ncn2C/C(F)=C/CN.Cl. The molecule has 0 fully saturated rings. The van der Waals surface area contributed by atoms with Crippen molar-refractivity contribution < 1.29 is 35.9 Å². The lowest BCUT2D eigenvalue weighted by Crippen LogP contribution is -2.23. The lowest BCUT2D eigenvalue weighted by Gasteiger charge is -2.13. The Labute approximate surface area is 191 Å². The lowest BCUT2D eigenvalue weighted by molar-refractivity contribution is -0.0436. The monoisotopic (exact) mass is 507 g/mol. The van der Waals surface area contributed by atoms with Gasteiger partial charge in [-0.25, -0.2) is 22.6 Å². The zero-order valence-corrected chi connectivity index (χ0v) is 18.6. The molecular weight excluding hydrogens is 490 g/mol. The van der Waals surface area contributed by atoms with Gasteiger partial charge in [0.05, 0.1) is 34.4 Å². The fourth-order valence-corrected chi connectivity index (χ4v) is 3.95. The molecule has 0 unspecified atom stereocenters. The second kappa shape index (κ2) is 9.49. The summed E-state index contributed by atoms with van der Waals surface area (Å²) < 4.78 is 78.2. The molecule has 2 aromatic carbocycles. The molecule has 0 amide bonds. The lowest BCUT2D eigenvalue weighted by atomic mass is 9.97. The minimum atomic E-state index is -5.63. The summed E-state index contributed by atoms with van der Waals surface area (Å²) >= 11 is 0. The fourth-order valence-electron chi connectivity index (χ4n) is 3.17. The number of aromatic carboxylic acids is 1. The summed E-state index contributed by atoms with van der Waals surface area (Å²) in [4.78, 5) is 14.8. The van der Waals surface area contributed by atoms with Crippen molar-refractivity contribution in [3.63, 3.8) is 0 Å². The van der Waals surface area contributed by atoms with Crippen molar-refractivity contribution in [3.05, 3.63) is 59.7 Å². The molecule has 0 radical (unpaired) electrons. The van der Waals surface area contributed by atoms with Crippen LogP contribution in [0.4, 0.5) is 17.6 Å². The molecule has 178 valence electrons. The normalized spacial score (nSPS) is 12.6. The molecule has 0 aliphatic carbocycles. The number of sulfone groups is 1. The number of nitrogens with two attached hydrogens (primary N) is 1. The van der Waals surface area contributed by atoms with Crippen LogP contribution >= 0.6 is 12.4 Å². The van der Waals surface area contributed by atoms with E-state index in [1.807, 2.05) is 0 Å². The van der Waals surface area contributed by atoms with Crippen molar-refractivity contribution in [2.45, 2.75) is 23.9 Å². The van der Waals surface area contributed by atoms with Crippen LogP contribution in [-0.4, -0.2) is 41.1 Å². The van der Waals surface area contributed by atoms with Crippen molar-refractivity contribution in [3.8, 4) is 11.1 Å². The van der Waals surface area contributed by atoms with E-state index in [2.05, 4.69) is 4.98 Å². The maximum atomic E-state index is 14.0. The predicted octanol–water partition coefficient (Wildman–Crippen LogP) is 4.24. The number of carboxylic acids is 1. The van der Waals surface area contributed by atoms with E-state index < -0.39 is 32.0 Å². The molecule has 1 heterocycles. The molecule has 7 nitrogen and oxygen atoms in total. The highest BCUT2D eigenvalue weighted by Crippen LogP contribution is 2.36. The van der Waals surface area contributed by atoms with Gasteiger partial charge in [0.1, 0.15) is 5.83 Å². The Balaban J connectivity index is 0.00000385. The highest BCUT2D eigenvalue weighted by atomic mass is 35.5. The van der Waals surface area contributed by atoms with E-state index in [1.54, 1.807) is 0 Å². The largest absolute Gasteiger partial charge is 0.501 e. The molecule has 0 aliphatic heterocycles. The minimum Gasteiger partial charge on any atom is -0.478 e. The molecule has 33 heavy (non-hydrogen) atoms. The van der Waals surface area contributed by atoms with Gasteiger partial charge in [-0.15, -0.1) is 12.4 Å². The third kappa shape index (κ3) is 5.02. The zero-order chi connectivity index (χ0) is 23.8. The van der Waals surface area contributed by atoms with Crippen LogP contribution in [0.15, 0.2) is 53.5 Å². The highest BCUT2D eigenvalue weighted by molar-refractivity contribution is 7.92. The number of fused-ring (bicyclic) bond motifs is 1. The van der Waals surface area contributed by atoms with Crippen LogP contribution in [0.2, 0.25) is 0 Å². The number of alkyl halides is 3. The van der Waals surface area contributed by atoms with Crippen molar-refractivity contribution >= 4 is 39.2 Å². The Morgan fingerprint density at radius 3 is 2.45 bits per heavy atom. The number of hydrogen-bond donors (Lipinski definition) is 2. The summed E-state index contributed by atoms with van der Waals surface area (Å²) in [7, 11) is -5.63. The van der Waals surface area contributed by atoms with Crippen LogP contribution in [-0.2, 0) is 16.4 Å². The smallest absolute Gasteiger partial charge is 0.478 e. The average Bonchev–Trinajstić information content (AvgIpc) is 3.09. The first-order valence-electron chi connectivity index (χ1n) is 9.06. The van der Waals surface area contributed by atoms with Crippen LogP contribution in [0.3, 0.4) is 0 Å². The number of allylic oxidation sites excluding steroid dienone is 1. The zero-order valence-electron chi connectivity index (χ0n) is 16.9. The summed E-state index contributed by atoms with van der Waals surface area (Å²) in [5.74, 6) is -1.93. The minimum absolute atomic E-state index is 0. The summed E-state index contributed by atoms with van der Waals surface area (Å²) in [6.07, 6.45) is 2.37. The number of hydrogen-bond acceptors (Lipinski definition) is 5. The molecule has 0 aliphatic rings. The second-order valence-electron chi connectivity index (χ2n) is 6.88. The van der Waals surface area contributed by atoms with E-state index >= 15 is 0 Å². The first-order valence-corrected chi connectivity index (χ1v) is 10.5. The van der Waals surface area contributed by atoms with Crippen molar-refractivity contribution in [2.24, 2.45) is 5.73 Å². The average molecular weight is 508 g/mol. The third-order valence-electron chi connectivity index (χ3n) is 4.75. The van der Waals surface area contributed by atoms with Gasteiger partial charge in [-0.2, -0.15) is 13.2 Å². The van der Waals surface area contributed by atoms with E-state index in [1.165, 1.54) is 36.0 Å². The number of carboxylic acid groups (broad SMARTS) is 1. The summed E-state index contributed by atoms with van der Waals surface area (Å²) in [6.45, 7) is 1.18. The standard InChI is InChI=1S/C20H17F4N3O4S.ClH/c1-11-2-3-14(32(30,31)20(22,23)24)8-15(11)16-6-12(19(28)29)7-17-18(16)26-10-27(17)9-13(21)4-5-25;/h2-4,6-8,10H,5,9,25H2,1H3,(H,28,29);1H/b13-4-;. The number of carbonyl (C=O) groups is 1. The van der Waals surface area contributed by atoms with E-state index in [0.29, 0.717) is 5.56 Å². The molecule has 3 rings (SSSR count). The molecule has 3 N–H and O–H groups in total. The highest BCUT2D eigenvalue weighted by Gasteiger charge is 2.47. The predicted molar refractivity (Wildman–Crippen MR) is 116 cm³/mol. The molecule has 0 saturated carbocycles. The number of benzene rings is 2. The Bertz CT molecular complexity index is 1350. The molecule has 0 bridgehead atoms. The van der Waals surface area contributed by atoms with Gasteiger partial charge in [-0.3, -0.25) is 0 Å². The van der Waals surface area contributed by atoms with E-state index in [9.17, 15) is 35.9 Å². The van der Waals surface area contributed by atoms with Gasteiger partial charge < -0.3 is 15.4 Å². The van der Waals surface area contributed by atoms with Gasteiger partial charge in [-0.05, 0) is 48.4 Å². The number of halogens is 5. The van der Waals surface area contributed by atoms with E-state index in [-0.39, 0.29) is 53.2 Å². The van der Waals surface area contributed by atoms with Crippen LogP contribution in [0.25, 0.3) is 22.2 Å². The van der Waals surface area contributed by atoms with Gasteiger partial charge in [0, 0.05) is 12.1 Å². The van der Waals surface area contributed by atoms with Crippen LogP contribution in [0.1, 0.15) is 15.9 Å². The second-order valence-corrected chi connectivity index (χ2v) is 8.82. The first kappa shape index (κ1) is 26.3. The molecule has 0 saturated heterocycles. The first-order chi connectivity index (χ1) is 14.9. The Morgan fingerprint density at radius 1 is 1.21 bits per heavy atom. The van der Waals surface area contributed by atoms with Gasteiger partial charge in [0.25, 0.3) is 9.84 Å². The van der Waals surface area contributed by atoms with Crippen LogP contribution < -0.4 is 5.73 Å². The van der Waals surface area contributed by atoms with Gasteiger partial charge in [0.15, 0.2) is 0 Å². The Kier molecular flexibility index (Phi) is 7.56. The van der Waals surface area contributed by atoms with Gasteiger partial charge >= 0.3 is 11.5 Å². The maximum Gasteiger partial charge on any atom is 0.501 e. The number of aryl methyl sites for hydroxylation is 1. The van der Waals surface area contributed by atoms with Crippen LogP contribution in [0.5, 0.6) is 0 Å². The van der Waals surface area contributed by atoms with Crippen LogP contribution in [0, 0.1) is 6.92 Å². The maximum absolute atomic E-state index is 14.0. The topological polar surface area (TPSA) is 115 Å². The van der Waals surface area contributed by atoms with E-state index in [4.69, 9.17) is 5.73 Å². The number of rotatable bonds is 6. The van der Waals surface area contributed by atoms with Crippen molar-refractivity contribution in [1.82, 2.24) is 9.55 Å². The van der Waals surface area contributed by atoms with E-state index in [0.717, 1.165) is 18.2 Å². The molecule has 13 heteroatoms. The van der Waals surface area contributed by atoms with Crippen molar-refractivity contribution in [2.75, 3.05) is 6.54 Å². The summed E-state index contributed by atoms with van der Waals surface area (Å²) in [5.41, 5.74) is 0.437. The van der Waals surface area contributed by atoms with Gasteiger partial charge in [0.2, 0.25) is 0 Å². The Morgan fingerprint density at radius 2 is 1.88 bits per heavy atom. The molecular formula is C20H18ClF4N3O4S.